The van der Waals surface area contributed by atoms with Gasteiger partial charge in [-0.2, -0.15) is 0 Å². The van der Waals surface area contributed by atoms with Gasteiger partial charge in [0.05, 0.1) is 5.41 Å². The van der Waals surface area contributed by atoms with Crippen LogP contribution in [0, 0.1) is 11.8 Å². The molecule has 50 heavy (non-hydrogen) atoms. The average Bonchev–Trinajstić information content (AvgIpc) is 3.80. The van der Waals surface area contributed by atoms with E-state index in [4.69, 9.17) is 4.42 Å². The Morgan fingerprint density at radius 1 is 0.540 bits per heavy atom. The lowest BCUT2D eigenvalue weighted by Crippen LogP contribution is -2.31. The Hall–Kier alpha value is -6.18. The molecular formula is C49H30O. The van der Waals surface area contributed by atoms with Crippen molar-refractivity contribution < 1.29 is 4.42 Å². The molecule has 5 aromatic carbocycles. The third kappa shape index (κ3) is 3.19. The van der Waals surface area contributed by atoms with Crippen molar-refractivity contribution in [3.8, 4) is 22.5 Å². The van der Waals surface area contributed by atoms with Crippen LogP contribution in [0.1, 0.15) is 33.4 Å². The van der Waals surface area contributed by atoms with E-state index in [2.05, 4.69) is 170 Å². The van der Waals surface area contributed by atoms with E-state index in [0.29, 0.717) is 5.92 Å². The maximum absolute atomic E-state index is 6.75. The summed E-state index contributed by atoms with van der Waals surface area (Å²) in [7, 11) is 0. The maximum Gasteiger partial charge on any atom is 0.140 e. The summed E-state index contributed by atoms with van der Waals surface area (Å²) in [6.07, 6.45) is 18.8. The molecule has 1 heterocycles. The van der Waals surface area contributed by atoms with E-state index in [0.717, 1.165) is 11.3 Å². The zero-order valence-electron chi connectivity index (χ0n) is 27.2. The number of furan rings is 1. The van der Waals surface area contributed by atoms with Gasteiger partial charge in [-0.1, -0.05) is 158 Å². The molecule has 6 aliphatic carbocycles. The minimum atomic E-state index is -0.470. The molecule has 0 amide bonds. The molecule has 3 atom stereocenters. The number of hydrogen-bond acceptors (Lipinski definition) is 1. The summed E-state index contributed by atoms with van der Waals surface area (Å²) in [5.41, 5.74) is 20.4. The molecule has 1 nitrogen and oxygen atoms in total. The normalized spacial score (nSPS) is 22.7. The highest BCUT2D eigenvalue weighted by molar-refractivity contribution is 6.02. The van der Waals surface area contributed by atoms with Gasteiger partial charge < -0.3 is 4.42 Å². The highest BCUT2D eigenvalue weighted by atomic mass is 16.3. The molecule has 1 aromatic heterocycles. The Bertz CT molecular complexity index is 2750. The lowest BCUT2D eigenvalue weighted by Gasteiger charge is -2.43. The highest BCUT2D eigenvalue weighted by Gasteiger charge is 2.54. The summed E-state index contributed by atoms with van der Waals surface area (Å²) in [5.74, 6) is 1.59. The average molecular weight is 635 g/mol. The van der Waals surface area contributed by atoms with Gasteiger partial charge in [0.15, 0.2) is 0 Å². The van der Waals surface area contributed by atoms with Gasteiger partial charge in [0.2, 0.25) is 0 Å². The summed E-state index contributed by atoms with van der Waals surface area (Å²) in [4.78, 5) is 0. The Kier molecular flexibility index (Phi) is 5.08. The molecule has 0 fully saturated rings. The van der Waals surface area contributed by atoms with Crippen LogP contribution in [0.4, 0.5) is 0 Å². The first kappa shape index (κ1) is 26.7. The second-order valence-corrected chi connectivity index (χ2v) is 14.3. The largest absolute Gasteiger partial charge is 0.456 e. The predicted molar refractivity (Wildman–Crippen MR) is 203 cm³/mol. The van der Waals surface area contributed by atoms with Crippen LogP contribution < -0.4 is 0 Å². The maximum atomic E-state index is 6.75. The highest BCUT2D eigenvalue weighted by Crippen LogP contribution is 2.65. The Morgan fingerprint density at radius 2 is 1.28 bits per heavy atom. The number of hydrogen-bond donors (Lipinski definition) is 0. The third-order valence-corrected chi connectivity index (χ3v) is 12.1. The van der Waals surface area contributed by atoms with Crippen LogP contribution in [0.5, 0.6) is 0 Å². The number of fused-ring (bicyclic) bond motifs is 12. The second kappa shape index (κ2) is 9.49. The topological polar surface area (TPSA) is 13.1 Å². The third-order valence-electron chi connectivity index (χ3n) is 12.1. The van der Waals surface area contributed by atoms with Crippen LogP contribution in [0.15, 0.2) is 197 Å². The SMILES string of the molecule is C1=CC2=CC(c3ccccc3)=C3C=CC=C4C=C(c5ccc6c(c5)C5(c7ccccc7-6)c6ccccc6-c6oc7ccccc7c65)C(=C1)C2C43. The number of rotatable bonds is 2. The van der Waals surface area contributed by atoms with E-state index in [-0.39, 0.29) is 5.92 Å². The minimum absolute atomic E-state index is 0.287. The van der Waals surface area contributed by atoms with Crippen LogP contribution in [-0.2, 0) is 5.41 Å². The van der Waals surface area contributed by atoms with E-state index in [1.165, 1.54) is 88.9 Å². The van der Waals surface area contributed by atoms with Crippen molar-refractivity contribution in [2.45, 2.75) is 5.41 Å². The summed E-state index contributed by atoms with van der Waals surface area (Å²) in [6, 6.07) is 44.7. The van der Waals surface area contributed by atoms with Crippen LogP contribution in [0.2, 0.25) is 0 Å². The molecule has 12 rings (SSSR count). The Labute approximate surface area is 290 Å². The van der Waals surface area contributed by atoms with Crippen molar-refractivity contribution in [3.05, 3.63) is 226 Å². The van der Waals surface area contributed by atoms with Crippen LogP contribution in [-0.4, -0.2) is 0 Å². The van der Waals surface area contributed by atoms with Crippen molar-refractivity contribution in [2.24, 2.45) is 11.8 Å². The molecule has 1 heteroatoms. The van der Waals surface area contributed by atoms with Gasteiger partial charge in [-0.05, 0) is 84.5 Å². The van der Waals surface area contributed by atoms with Crippen molar-refractivity contribution in [3.63, 3.8) is 0 Å². The summed E-state index contributed by atoms with van der Waals surface area (Å²) in [6.45, 7) is 0. The second-order valence-electron chi connectivity index (χ2n) is 14.3. The number of para-hydroxylation sites is 1. The van der Waals surface area contributed by atoms with Crippen molar-refractivity contribution >= 4 is 22.1 Å². The Balaban J connectivity index is 1.11. The van der Waals surface area contributed by atoms with Crippen LogP contribution in [0.3, 0.4) is 0 Å². The van der Waals surface area contributed by atoms with E-state index < -0.39 is 5.41 Å². The zero-order chi connectivity index (χ0) is 32.6. The van der Waals surface area contributed by atoms with E-state index in [1.807, 2.05) is 0 Å². The molecule has 0 saturated heterocycles. The molecule has 3 unspecified atom stereocenters. The number of benzene rings is 5. The van der Waals surface area contributed by atoms with Crippen LogP contribution >= 0.6 is 0 Å². The van der Waals surface area contributed by atoms with Crippen molar-refractivity contribution in [1.82, 2.24) is 0 Å². The minimum Gasteiger partial charge on any atom is -0.456 e. The standard InChI is InChI=1S/C49H30O/c1-2-12-29(13-3-1)39-26-31-14-11-20-36-40(27-32-15-10-19-35(39)45(32)46(31)36)30-24-25-34-33-16-4-7-21-41(33)49(43(34)28-30)42-22-8-5-17-37(42)48-47(49)38-18-6-9-23-44(38)50-48/h1-28,45-46H. The van der Waals surface area contributed by atoms with Gasteiger partial charge in [-0.25, -0.2) is 0 Å². The van der Waals surface area contributed by atoms with Gasteiger partial charge >= 0.3 is 0 Å². The molecule has 0 saturated carbocycles. The molecule has 0 N–H and O–H groups in total. The molecule has 232 valence electrons. The first-order chi connectivity index (χ1) is 24.8. The smallest absolute Gasteiger partial charge is 0.140 e. The molecule has 6 aromatic rings. The first-order valence-electron chi connectivity index (χ1n) is 17.7. The van der Waals surface area contributed by atoms with Crippen LogP contribution in [0.25, 0.3) is 44.6 Å². The predicted octanol–water partition coefficient (Wildman–Crippen LogP) is 11.8. The monoisotopic (exact) mass is 634 g/mol. The van der Waals surface area contributed by atoms with Gasteiger partial charge in [0.25, 0.3) is 0 Å². The van der Waals surface area contributed by atoms with E-state index >= 15 is 0 Å². The molecular weight excluding hydrogens is 605 g/mol. The number of allylic oxidation sites excluding steroid dienone is 14. The van der Waals surface area contributed by atoms with E-state index in [9.17, 15) is 0 Å². The Morgan fingerprint density at radius 3 is 2.18 bits per heavy atom. The fourth-order valence-electron chi connectivity index (χ4n) is 10.2. The summed E-state index contributed by atoms with van der Waals surface area (Å²) < 4.78 is 6.75. The summed E-state index contributed by atoms with van der Waals surface area (Å²) in [5, 5.41) is 1.19. The van der Waals surface area contributed by atoms with Crippen molar-refractivity contribution in [1.29, 1.82) is 0 Å². The van der Waals surface area contributed by atoms with Gasteiger partial charge in [-0.3, -0.25) is 0 Å². The molecule has 0 radical (unpaired) electrons. The van der Waals surface area contributed by atoms with Gasteiger partial charge in [0, 0.05) is 28.3 Å². The lowest BCUT2D eigenvalue weighted by molar-refractivity contribution is 0.571. The fourth-order valence-corrected chi connectivity index (χ4v) is 10.2. The zero-order valence-corrected chi connectivity index (χ0v) is 27.2. The lowest BCUT2D eigenvalue weighted by atomic mass is 9.60. The molecule has 1 spiro atoms. The molecule has 0 bridgehead atoms. The molecule has 6 aliphatic rings. The molecule has 0 aliphatic heterocycles. The first-order valence-corrected chi connectivity index (χ1v) is 17.7. The van der Waals surface area contributed by atoms with Gasteiger partial charge in [0.1, 0.15) is 11.3 Å². The fraction of sp³-hybridized carbons (Fsp3) is 0.0612. The van der Waals surface area contributed by atoms with E-state index in [1.54, 1.807) is 0 Å². The summed E-state index contributed by atoms with van der Waals surface area (Å²) >= 11 is 0. The van der Waals surface area contributed by atoms with Gasteiger partial charge in [-0.15, -0.1) is 0 Å². The van der Waals surface area contributed by atoms with Crippen molar-refractivity contribution in [2.75, 3.05) is 0 Å². The quantitative estimate of drug-likeness (QED) is 0.184.